The molecule has 3 aromatic heterocycles. The second-order valence-electron chi connectivity index (χ2n) is 6.46. The number of H-pyrrole nitrogens is 2. The van der Waals surface area contributed by atoms with Gasteiger partial charge in [0.25, 0.3) is 5.56 Å². The van der Waals surface area contributed by atoms with Crippen LogP contribution in [0.5, 0.6) is 0 Å². The van der Waals surface area contributed by atoms with E-state index >= 15 is 0 Å². The molecule has 4 rings (SSSR count). The van der Waals surface area contributed by atoms with E-state index in [1.54, 1.807) is 16.9 Å². The predicted molar refractivity (Wildman–Crippen MR) is 90.2 cm³/mol. The summed E-state index contributed by atoms with van der Waals surface area (Å²) >= 11 is 0. The zero-order chi connectivity index (χ0) is 16.8. The molecule has 1 saturated heterocycles. The minimum atomic E-state index is -0.533. The van der Waals surface area contributed by atoms with Crippen LogP contribution in [0.25, 0.3) is 16.9 Å². The van der Waals surface area contributed by atoms with Crippen molar-refractivity contribution < 1.29 is 0 Å². The topological polar surface area (TPSA) is 99.2 Å². The number of aromatic nitrogens is 5. The van der Waals surface area contributed by atoms with E-state index in [4.69, 9.17) is 0 Å². The zero-order valence-corrected chi connectivity index (χ0v) is 13.5. The normalized spacial score (nSPS) is 20.8. The summed E-state index contributed by atoms with van der Waals surface area (Å²) in [7, 11) is 0. The first-order chi connectivity index (χ1) is 11.5. The summed E-state index contributed by atoms with van der Waals surface area (Å²) in [5, 5.41) is 4.45. The van der Waals surface area contributed by atoms with Gasteiger partial charge in [-0.1, -0.05) is 13.8 Å². The van der Waals surface area contributed by atoms with Crippen molar-refractivity contribution in [2.24, 2.45) is 11.8 Å². The molecular weight excluding hydrogens is 308 g/mol. The van der Waals surface area contributed by atoms with Crippen molar-refractivity contribution in [3.63, 3.8) is 0 Å². The molecule has 0 saturated carbocycles. The molecule has 0 aromatic carbocycles. The highest BCUT2D eigenvalue weighted by atomic mass is 16.2. The molecular formula is C16H18N6O2. The average molecular weight is 326 g/mol. The van der Waals surface area contributed by atoms with Gasteiger partial charge in [-0.3, -0.25) is 9.78 Å². The summed E-state index contributed by atoms with van der Waals surface area (Å²) in [5.41, 5.74) is 1.55. The summed E-state index contributed by atoms with van der Waals surface area (Å²) in [5.74, 6) is 1.18. The van der Waals surface area contributed by atoms with Gasteiger partial charge < -0.3 is 9.88 Å². The van der Waals surface area contributed by atoms with Crippen molar-refractivity contribution in [3.05, 3.63) is 45.5 Å². The van der Waals surface area contributed by atoms with Crippen molar-refractivity contribution in [2.75, 3.05) is 18.0 Å². The van der Waals surface area contributed by atoms with Crippen molar-refractivity contribution in [3.8, 4) is 11.3 Å². The second kappa shape index (κ2) is 5.33. The van der Waals surface area contributed by atoms with Gasteiger partial charge in [0.1, 0.15) is 5.69 Å². The Morgan fingerprint density at radius 2 is 1.96 bits per heavy atom. The molecule has 0 aliphatic carbocycles. The Kier molecular flexibility index (Phi) is 3.26. The van der Waals surface area contributed by atoms with Gasteiger partial charge in [-0.2, -0.15) is 5.10 Å². The van der Waals surface area contributed by atoms with Crippen LogP contribution in [0.4, 0.5) is 5.69 Å². The number of anilines is 1. The number of rotatable bonds is 2. The summed E-state index contributed by atoms with van der Waals surface area (Å²) in [4.78, 5) is 34.7. The molecule has 0 spiro atoms. The van der Waals surface area contributed by atoms with Gasteiger partial charge in [-0.15, -0.1) is 0 Å². The molecule has 2 atom stereocenters. The summed E-state index contributed by atoms with van der Waals surface area (Å²) in [6.07, 6.45) is 4.84. The number of hydrogen-bond donors (Lipinski definition) is 2. The third-order valence-electron chi connectivity index (χ3n) is 4.76. The fourth-order valence-corrected chi connectivity index (χ4v) is 3.19. The van der Waals surface area contributed by atoms with E-state index in [2.05, 4.69) is 38.8 Å². The Balaban J connectivity index is 1.89. The fraction of sp³-hybridized carbons (Fsp3) is 0.375. The van der Waals surface area contributed by atoms with Crippen LogP contribution >= 0.6 is 0 Å². The van der Waals surface area contributed by atoms with Gasteiger partial charge in [-0.25, -0.2) is 14.3 Å². The summed E-state index contributed by atoms with van der Waals surface area (Å²) in [6.45, 7) is 6.36. The molecule has 8 nitrogen and oxygen atoms in total. The number of fused-ring (bicyclic) bond motifs is 1. The zero-order valence-electron chi connectivity index (χ0n) is 13.5. The van der Waals surface area contributed by atoms with Gasteiger partial charge in [-0.05, 0) is 17.9 Å². The van der Waals surface area contributed by atoms with Crippen LogP contribution in [-0.4, -0.2) is 37.7 Å². The Hall–Kier alpha value is -2.90. The van der Waals surface area contributed by atoms with Gasteiger partial charge in [0.05, 0.1) is 11.3 Å². The van der Waals surface area contributed by atoms with Crippen molar-refractivity contribution in [1.82, 2.24) is 24.6 Å². The standard InChI is InChI=1S/C16H18N6O2/c1-9-7-21(8-10(9)2)13-5-12(20-22-4-3-17-14(13)22)11-6-18-16(24)19-15(11)23/h3-6,9-10H,7-8H2,1-2H3,(H2,18,19,23,24)/t9-,10-/m1/s1. The molecule has 24 heavy (non-hydrogen) atoms. The maximum absolute atomic E-state index is 12.1. The monoisotopic (exact) mass is 326 g/mol. The van der Waals surface area contributed by atoms with Gasteiger partial charge in [0.2, 0.25) is 0 Å². The summed E-state index contributed by atoms with van der Waals surface area (Å²) in [6, 6.07) is 1.87. The minimum Gasteiger partial charge on any atom is -0.368 e. The largest absolute Gasteiger partial charge is 0.368 e. The van der Waals surface area contributed by atoms with Crippen molar-refractivity contribution >= 4 is 11.3 Å². The maximum Gasteiger partial charge on any atom is 0.325 e. The Labute approximate surface area is 137 Å². The molecule has 1 fully saturated rings. The third kappa shape index (κ3) is 2.31. The maximum atomic E-state index is 12.1. The lowest BCUT2D eigenvalue weighted by molar-refractivity contribution is 0.494. The first kappa shape index (κ1) is 14.7. The molecule has 0 bridgehead atoms. The minimum absolute atomic E-state index is 0.326. The molecule has 0 amide bonds. The molecule has 2 N–H and O–H groups in total. The molecule has 0 unspecified atom stereocenters. The molecule has 1 aliphatic heterocycles. The molecule has 124 valence electrons. The summed E-state index contributed by atoms with van der Waals surface area (Å²) < 4.78 is 1.67. The molecule has 3 aromatic rings. The van der Waals surface area contributed by atoms with Gasteiger partial charge >= 0.3 is 5.69 Å². The van der Waals surface area contributed by atoms with E-state index in [1.807, 2.05) is 6.07 Å². The van der Waals surface area contributed by atoms with Gasteiger partial charge in [0, 0.05) is 31.7 Å². The Bertz CT molecular complexity index is 1010. The number of hydrogen-bond acceptors (Lipinski definition) is 5. The molecule has 8 heteroatoms. The lowest BCUT2D eigenvalue weighted by Gasteiger charge is -2.19. The van der Waals surface area contributed by atoms with E-state index in [0.717, 1.165) is 24.4 Å². The smallest absolute Gasteiger partial charge is 0.325 e. The highest BCUT2D eigenvalue weighted by Crippen LogP contribution is 2.31. The van der Waals surface area contributed by atoms with E-state index in [-0.39, 0.29) is 0 Å². The van der Waals surface area contributed by atoms with Gasteiger partial charge in [0.15, 0.2) is 5.65 Å². The van der Waals surface area contributed by atoms with E-state index in [0.29, 0.717) is 23.1 Å². The Morgan fingerprint density at radius 1 is 1.21 bits per heavy atom. The van der Waals surface area contributed by atoms with Crippen LogP contribution in [0.2, 0.25) is 0 Å². The molecule has 4 heterocycles. The quantitative estimate of drug-likeness (QED) is 0.728. The first-order valence-corrected chi connectivity index (χ1v) is 7.94. The van der Waals surface area contributed by atoms with E-state index < -0.39 is 11.2 Å². The molecule has 0 radical (unpaired) electrons. The third-order valence-corrected chi connectivity index (χ3v) is 4.76. The van der Waals surface area contributed by atoms with Crippen LogP contribution in [0.1, 0.15) is 13.8 Å². The number of nitrogens with zero attached hydrogens (tertiary/aromatic N) is 4. The highest BCUT2D eigenvalue weighted by molar-refractivity contribution is 5.74. The molecule has 1 aliphatic rings. The van der Waals surface area contributed by atoms with Crippen molar-refractivity contribution in [1.29, 1.82) is 0 Å². The van der Waals surface area contributed by atoms with Crippen LogP contribution < -0.4 is 16.1 Å². The van der Waals surface area contributed by atoms with E-state index in [9.17, 15) is 9.59 Å². The van der Waals surface area contributed by atoms with E-state index in [1.165, 1.54) is 6.20 Å². The number of imidazole rings is 1. The number of nitrogens with one attached hydrogen (secondary N) is 2. The average Bonchev–Trinajstić information content (AvgIpc) is 3.13. The van der Waals surface area contributed by atoms with Crippen LogP contribution in [0.3, 0.4) is 0 Å². The van der Waals surface area contributed by atoms with Crippen LogP contribution in [0, 0.1) is 11.8 Å². The van der Waals surface area contributed by atoms with Crippen LogP contribution in [-0.2, 0) is 0 Å². The second-order valence-corrected chi connectivity index (χ2v) is 6.46. The first-order valence-electron chi connectivity index (χ1n) is 7.94. The highest BCUT2D eigenvalue weighted by Gasteiger charge is 2.28. The Morgan fingerprint density at radius 3 is 2.67 bits per heavy atom. The SMILES string of the molecule is C[C@@H]1CN(c2cc(-c3c[nH]c(=O)[nH]c3=O)nn3ccnc23)C[C@H]1C. The predicted octanol–water partition coefficient (Wildman–Crippen LogP) is 0.865. The van der Waals surface area contributed by atoms with Crippen molar-refractivity contribution in [2.45, 2.75) is 13.8 Å². The van der Waals surface area contributed by atoms with Crippen LogP contribution in [0.15, 0.2) is 34.2 Å². The lowest BCUT2D eigenvalue weighted by atomic mass is 10.0. The lowest BCUT2D eigenvalue weighted by Crippen LogP contribution is -2.24. The fourth-order valence-electron chi connectivity index (χ4n) is 3.19. The number of aromatic amines is 2.